The van der Waals surface area contributed by atoms with Gasteiger partial charge < -0.3 is 4.74 Å². The third-order valence-corrected chi connectivity index (χ3v) is 2.09. The summed E-state index contributed by atoms with van der Waals surface area (Å²) in [6, 6.07) is 5.14. The lowest BCUT2D eigenvalue weighted by Crippen LogP contribution is -2.01. The van der Waals surface area contributed by atoms with Crippen LogP contribution < -0.4 is 4.74 Å². The van der Waals surface area contributed by atoms with E-state index in [1.807, 2.05) is 12.2 Å². The van der Waals surface area contributed by atoms with E-state index in [0.29, 0.717) is 12.2 Å². The number of carbonyl (C=O) groups excluding carboxylic acids is 1. The van der Waals surface area contributed by atoms with Crippen molar-refractivity contribution in [3.8, 4) is 5.75 Å². The van der Waals surface area contributed by atoms with E-state index in [-0.39, 0.29) is 0 Å². The van der Waals surface area contributed by atoms with Gasteiger partial charge in [0.1, 0.15) is 12.4 Å². The molecule has 1 aromatic carbocycles. The average Bonchev–Trinajstić information content (AvgIpc) is 2.17. The van der Waals surface area contributed by atoms with Crippen LogP contribution in [0.4, 0.5) is 0 Å². The molecule has 0 aromatic heterocycles. The van der Waals surface area contributed by atoms with Crippen molar-refractivity contribution in [1.82, 2.24) is 0 Å². The minimum Gasteiger partial charge on any atom is -0.489 e. The highest BCUT2D eigenvalue weighted by Gasteiger charge is 2.08. The number of ether oxygens (including phenoxy) is 1. The standard InChI is InChI=1S/C10H7ClO2/c11-10(12)8-3-4-9-7(6-8)2-1-5-13-9/h1-4,6H,5H2. The van der Waals surface area contributed by atoms with Crippen molar-refractivity contribution in [3.63, 3.8) is 0 Å². The zero-order chi connectivity index (χ0) is 9.26. The maximum Gasteiger partial charge on any atom is 0.252 e. The molecule has 0 amide bonds. The Morgan fingerprint density at radius 1 is 1.46 bits per heavy atom. The molecule has 0 atom stereocenters. The summed E-state index contributed by atoms with van der Waals surface area (Å²) < 4.78 is 5.32. The highest BCUT2D eigenvalue weighted by atomic mass is 35.5. The van der Waals surface area contributed by atoms with E-state index in [4.69, 9.17) is 16.3 Å². The second-order valence-corrected chi connectivity index (χ2v) is 3.08. The SMILES string of the molecule is O=C(Cl)c1ccc2c(c1)C=CCO2. The molecule has 0 saturated heterocycles. The lowest BCUT2D eigenvalue weighted by atomic mass is 10.1. The Bertz CT molecular complexity index is 383. The molecule has 0 N–H and O–H groups in total. The number of hydrogen-bond donors (Lipinski definition) is 0. The number of carbonyl (C=O) groups is 1. The molecule has 1 aromatic rings. The van der Waals surface area contributed by atoms with E-state index < -0.39 is 5.24 Å². The Morgan fingerprint density at radius 2 is 2.31 bits per heavy atom. The molecule has 66 valence electrons. The summed E-state index contributed by atoms with van der Waals surface area (Å²) in [5.41, 5.74) is 1.40. The van der Waals surface area contributed by atoms with Crippen molar-refractivity contribution >= 4 is 22.9 Å². The molecule has 0 unspecified atom stereocenters. The molecular weight excluding hydrogens is 188 g/mol. The van der Waals surface area contributed by atoms with Gasteiger partial charge in [-0.05, 0) is 35.9 Å². The fourth-order valence-electron chi connectivity index (χ4n) is 1.25. The molecule has 1 aliphatic rings. The van der Waals surface area contributed by atoms with E-state index in [1.165, 1.54) is 0 Å². The lowest BCUT2D eigenvalue weighted by Gasteiger charge is -2.12. The Morgan fingerprint density at radius 3 is 3.08 bits per heavy atom. The van der Waals surface area contributed by atoms with E-state index in [1.54, 1.807) is 18.2 Å². The topological polar surface area (TPSA) is 26.3 Å². The Hall–Kier alpha value is -1.28. The summed E-state index contributed by atoms with van der Waals surface area (Å²) in [5, 5.41) is -0.443. The van der Waals surface area contributed by atoms with Gasteiger partial charge in [0.25, 0.3) is 5.24 Å². The molecule has 0 saturated carbocycles. The van der Waals surface area contributed by atoms with Gasteiger partial charge in [-0.25, -0.2) is 0 Å². The van der Waals surface area contributed by atoms with Crippen molar-refractivity contribution in [2.24, 2.45) is 0 Å². The first-order valence-electron chi connectivity index (χ1n) is 3.90. The maximum absolute atomic E-state index is 10.8. The number of fused-ring (bicyclic) bond motifs is 1. The van der Waals surface area contributed by atoms with Crippen LogP contribution in [0.15, 0.2) is 24.3 Å². The van der Waals surface area contributed by atoms with Crippen LogP contribution in [0.25, 0.3) is 6.08 Å². The van der Waals surface area contributed by atoms with Gasteiger partial charge in [-0.15, -0.1) is 0 Å². The highest BCUT2D eigenvalue weighted by molar-refractivity contribution is 6.67. The fraction of sp³-hybridized carbons (Fsp3) is 0.100. The minimum atomic E-state index is -0.443. The number of benzene rings is 1. The van der Waals surface area contributed by atoms with Crippen LogP contribution in [-0.4, -0.2) is 11.8 Å². The minimum absolute atomic E-state index is 0.443. The number of rotatable bonds is 1. The van der Waals surface area contributed by atoms with E-state index >= 15 is 0 Å². The van der Waals surface area contributed by atoms with Crippen molar-refractivity contribution in [1.29, 1.82) is 0 Å². The van der Waals surface area contributed by atoms with Crippen molar-refractivity contribution in [3.05, 3.63) is 35.4 Å². The van der Waals surface area contributed by atoms with Gasteiger partial charge in [-0.3, -0.25) is 4.79 Å². The average molecular weight is 195 g/mol. The molecule has 3 heteroatoms. The third kappa shape index (κ3) is 1.58. The summed E-state index contributed by atoms with van der Waals surface area (Å²) >= 11 is 5.34. The third-order valence-electron chi connectivity index (χ3n) is 1.87. The molecule has 2 rings (SSSR count). The molecule has 13 heavy (non-hydrogen) atoms. The van der Waals surface area contributed by atoms with Crippen LogP contribution in [0.5, 0.6) is 5.75 Å². The van der Waals surface area contributed by atoms with Gasteiger partial charge in [0.15, 0.2) is 0 Å². The highest BCUT2D eigenvalue weighted by Crippen LogP contribution is 2.24. The first kappa shape index (κ1) is 8.32. The first-order valence-corrected chi connectivity index (χ1v) is 4.28. The molecular formula is C10H7ClO2. The number of hydrogen-bond acceptors (Lipinski definition) is 2. The zero-order valence-electron chi connectivity index (χ0n) is 6.79. The lowest BCUT2D eigenvalue weighted by molar-refractivity contribution is 0.108. The largest absolute Gasteiger partial charge is 0.489 e. The monoisotopic (exact) mass is 194 g/mol. The van der Waals surface area contributed by atoms with Crippen LogP contribution in [0, 0.1) is 0 Å². The smallest absolute Gasteiger partial charge is 0.252 e. The zero-order valence-corrected chi connectivity index (χ0v) is 7.54. The molecule has 0 radical (unpaired) electrons. The molecule has 1 heterocycles. The van der Waals surface area contributed by atoms with Gasteiger partial charge in [0.2, 0.25) is 0 Å². The predicted octanol–water partition coefficient (Wildman–Crippen LogP) is 2.47. The summed E-state index contributed by atoms with van der Waals surface area (Å²) in [4.78, 5) is 10.8. The Kier molecular flexibility index (Phi) is 2.07. The summed E-state index contributed by atoms with van der Waals surface area (Å²) in [6.45, 7) is 0.584. The van der Waals surface area contributed by atoms with Gasteiger partial charge in [0.05, 0.1) is 0 Å². The van der Waals surface area contributed by atoms with Crippen molar-refractivity contribution in [2.75, 3.05) is 6.61 Å². The van der Waals surface area contributed by atoms with Crippen LogP contribution >= 0.6 is 11.6 Å². The normalized spacial score (nSPS) is 13.3. The van der Waals surface area contributed by atoms with Gasteiger partial charge in [-0.2, -0.15) is 0 Å². The van der Waals surface area contributed by atoms with E-state index in [9.17, 15) is 4.79 Å². The predicted molar refractivity (Wildman–Crippen MR) is 51.2 cm³/mol. The van der Waals surface area contributed by atoms with Crippen LogP contribution in [0.2, 0.25) is 0 Å². The second kappa shape index (κ2) is 3.23. The van der Waals surface area contributed by atoms with Crippen molar-refractivity contribution in [2.45, 2.75) is 0 Å². The van der Waals surface area contributed by atoms with Crippen LogP contribution in [0.3, 0.4) is 0 Å². The molecule has 1 aliphatic heterocycles. The van der Waals surface area contributed by atoms with Gasteiger partial charge in [-0.1, -0.05) is 6.08 Å². The molecule has 0 aliphatic carbocycles. The van der Waals surface area contributed by atoms with Gasteiger partial charge in [0, 0.05) is 11.1 Å². The van der Waals surface area contributed by atoms with E-state index in [0.717, 1.165) is 11.3 Å². The second-order valence-electron chi connectivity index (χ2n) is 2.74. The molecule has 2 nitrogen and oxygen atoms in total. The Balaban J connectivity index is 2.48. The van der Waals surface area contributed by atoms with Crippen LogP contribution in [-0.2, 0) is 0 Å². The maximum atomic E-state index is 10.8. The summed E-state index contributed by atoms with van der Waals surface area (Å²) in [5.74, 6) is 0.796. The summed E-state index contributed by atoms with van der Waals surface area (Å²) in [6.07, 6.45) is 3.81. The first-order chi connectivity index (χ1) is 6.27. The van der Waals surface area contributed by atoms with Crippen molar-refractivity contribution < 1.29 is 9.53 Å². The van der Waals surface area contributed by atoms with Crippen LogP contribution in [0.1, 0.15) is 15.9 Å². The molecule has 0 bridgehead atoms. The fourth-order valence-corrected chi connectivity index (χ4v) is 1.36. The Labute approximate surface area is 80.8 Å². The summed E-state index contributed by atoms with van der Waals surface area (Å²) in [7, 11) is 0. The number of halogens is 1. The van der Waals surface area contributed by atoms with Gasteiger partial charge >= 0.3 is 0 Å². The molecule has 0 fully saturated rings. The quantitative estimate of drug-likeness (QED) is 0.642. The van der Waals surface area contributed by atoms with E-state index in [2.05, 4.69) is 0 Å². The molecule has 0 spiro atoms.